The number of halogens is 1. The van der Waals surface area contributed by atoms with E-state index in [1.165, 1.54) is 7.11 Å². The van der Waals surface area contributed by atoms with Gasteiger partial charge in [0.25, 0.3) is 6.20 Å². The summed E-state index contributed by atoms with van der Waals surface area (Å²) in [4.78, 5) is 20.6. The Hall–Kier alpha value is -3.98. The zero-order valence-corrected chi connectivity index (χ0v) is 18.1. The van der Waals surface area contributed by atoms with E-state index in [4.69, 9.17) is 20.9 Å². The van der Waals surface area contributed by atoms with Gasteiger partial charge in [-0.05, 0) is 35.4 Å². The molecule has 0 bridgehead atoms. The van der Waals surface area contributed by atoms with E-state index in [0.29, 0.717) is 23.3 Å². The normalized spacial score (nSPS) is 10.6. The third-order valence-corrected chi connectivity index (χ3v) is 4.81. The van der Waals surface area contributed by atoms with Gasteiger partial charge in [0.05, 0.1) is 12.8 Å². The molecule has 0 radical (unpaired) electrons. The zero-order valence-electron chi connectivity index (χ0n) is 17.4. The second-order valence-electron chi connectivity index (χ2n) is 6.91. The minimum Gasteiger partial charge on any atom is -0.467 e. The summed E-state index contributed by atoms with van der Waals surface area (Å²) < 4.78 is 11.8. The zero-order chi connectivity index (χ0) is 22.5. The van der Waals surface area contributed by atoms with Crippen molar-refractivity contribution in [2.24, 2.45) is 0 Å². The summed E-state index contributed by atoms with van der Waals surface area (Å²) in [5.41, 5.74) is 4.35. The molecule has 0 fully saturated rings. The monoisotopic (exact) mass is 451 g/mol. The smallest absolute Gasteiger partial charge is 0.326 e. The van der Waals surface area contributed by atoms with Gasteiger partial charge in [0.15, 0.2) is 0 Å². The van der Waals surface area contributed by atoms with Crippen molar-refractivity contribution in [1.29, 1.82) is 0 Å². The molecular weight excluding hydrogens is 432 g/mol. The number of carbonyl (C=O) groups is 1. The molecule has 0 saturated heterocycles. The van der Waals surface area contributed by atoms with Crippen molar-refractivity contribution in [3.63, 3.8) is 0 Å². The number of anilines is 2. The fraction of sp³-hybridized carbons (Fsp3) is 0.136. The van der Waals surface area contributed by atoms with Crippen LogP contribution in [0.4, 0.5) is 16.4 Å². The van der Waals surface area contributed by atoms with Crippen LogP contribution in [0.5, 0.6) is 6.01 Å². The van der Waals surface area contributed by atoms with Crippen LogP contribution in [0.1, 0.15) is 11.3 Å². The van der Waals surface area contributed by atoms with Crippen LogP contribution in [0, 0.1) is 6.92 Å². The molecule has 4 aromatic rings. The molecule has 32 heavy (non-hydrogen) atoms. The summed E-state index contributed by atoms with van der Waals surface area (Å²) in [6.45, 7) is 2.38. The highest BCUT2D eigenvalue weighted by atomic mass is 35.5. The molecule has 9 nitrogen and oxygen atoms in total. The lowest BCUT2D eigenvalue weighted by Gasteiger charge is -2.06. The van der Waals surface area contributed by atoms with Crippen molar-refractivity contribution in [2.75, 3.05) is 17.7 Å². The number of ether oxygens (including phenoxy) is 1. The van der Waals surface area contributed by atoms with Crippen LogP contribution >= 0.6 is 11.6 Å². The predicted molar refractivity (Wildman–Crippen MR) is 119 cm³/mol. The third-order valence-electron chi connectivity index (χ3n) is 4.58. The number of hydrogen-bond donors (Lipinski definition) is 2. The first-order chi connectivity index (χ1) is 15.5. The molecule has 0 aliphatic carbocycles. The molecular formula is C22H20ClN6O3+. The number of amides is 2. The lowest BCUT2D eigenvalue weighted by Crippen LogP contribution is -2.35. The summed E-state index contributed by atoms with van der Waals surface area (Å²) in [6.07, 6.45) is 3.35. The van der Waals surface area contributed by atoms with Crippen LogP contribution in [-0.4, -0.2) is 28.4 Å². The molecule has 2 aromatic heterocycles. The lowest BCUT2D eigenvalue weighted by atomic mass is 10.0. The Kier molecular flexibility index (Phi) is 6.27. The van der Waals surface area contributed by atoms with Gasteiger partial charge < -0.3 is 10.1 Å². The number of nitrogens with one attached hydrogen (secondary N) is 2. The predicted octanol–water partition coefficient (Wildman–Crippen LogP) is 4.08. The van der Waals surface area contributed by atoms with E-state index in [1.807, 2.05) is 31.2 Å². The van der Waals surface area contributed by atoms with E-state index >= 15 is 0 Å². The van der Waals surface area contributed by atoms with Crippen LogP contribution in [0.25, 0.3) is 11.1 Å². The fourth-order valence-corrected chi connectivity index (χ4v) is 3.24. The first-order valence-electron chi connectivity index (χ1n) is 9.67. The van der Waals surface area contributed by atoms with E-state index in [0.717, 1.165) is 22.4 Å². The molecule has 4 rings (SSSR count). The van der Waals surface area contributed by atoms with Gasteiger partial charge in [-0.2, -0.15) is 4.98 Å². The van der Waals surface area contributed by atoms with Crippen molar-refractivity contribution >= 4 is 29.2 Å². The maximum absolute atomic E-state index is 12.1. The Morgan fingerprint density at radius 3 is 2.72 bits per heavy atom. The van der Waals surface area contributed by atoms with Crippen LogP contribution in [0.15, 0.2) is 65.4 Å². The minimum absolute atomic E-state index is 0.215. The third kappa shape index (κ3) is 5.19. The van der Waals surface area contributed by atoms with Gasteiger partial charge in [-0.25, -0.2) is 9.78 Å². The quantitative estimate of drug-likeness (QED) is 0.428. The first-order valence-corrected chi connectivity index (χ1v) is 10.0. The van der Waals surface area contributed by atoms with Crippen molar-refractivity contribution in [1.82, 2.24) is 15.2 Å². The van der Waals surface area contributed by atoms with Crippen LogP contribution in [0.2, 0.25) is 5.02 Å². The molecule has 2 aromatic carbocycles. The van der Waals surface area contributed by atoms with E-state index in [-0.39, 0.29) is 5.88 Å². The highest BCUT2D eigenvalue weighted by Crippen LogP contribution is 2.23. The Labute approximate surface area is 189 Å². The Morgan fingerprint density at radius 1 is 1.19 bits per heavy atom. The topological polar surface area (TPSA) is 106 Å². The largest absolute Gasteiger partial charge is 0.467 e. The van der Waals surface area contributed by atoms with Crippen LogP contribution in [0.3, 0.4) is 0 Å². The second kappa shape index (κ2) is 9.44. The highest BCUT2D eigenvalue weighted by molar-refractivity contribution is 6.30. The van der Waals surface area contributed by atoms with E-state index in [2.05, 4.69) is 25.9 Å². The van der Waals surface area contributed by atoms with E-state index in [9.17, 15) is 4.79 Å². The van der Waals surface area contributed by atoms with Gasteiger partial charge in [0.2, 0.25) is 11.8 Å². The molecule has 2 N–H and O–H groups in total. The number of carbonyl (C=O) groups excluding carboxylic acids is 1. The molecule has 0 atom stereocenters. The van der Waals surface area contributed by atoms with Crippen LogP contribution in [-0.2, 0) is 6.54 Å². The highest BCUT2D eigenvalue weighted by Gasteiger charge is 2.15. The van der Waals surface area contributed by atoms with E-state index < -0.39 is 6.03 Å². The molecule has 0 spiro atoms. The maximum atomic E-state index is 12.1. The Bertz CT molecular complexity index is 1240. The van der Waals surface area contributed by atoms with Gasteiger partial charge in [0.1, 0.15) is 0 Å². The minimum atomic E-state index is -0.461. The average molecular weight is 452 g/mol. The number of aryl methyl sites for hydroxylation is 1. The molecule has 2 amide bonds. The number of aromatic nitrogens is 4. The van der Waals surface area contributed by atoms with Crippen LogP contribution < -0.4 is 20.1 Å². The summed E-state index contributed by atoms with van der Waals surface area (Å²) in [5.74, 6) is 0.215. The lowest BCUT2D eigenvalue weighted by molar-refractivity contribution is -0.754. The molecule has 0 aliphatic heterocycles. The second-order valence-corrected chi connectivity index (χ2v) is 7.34. The van der Waals surface area contributed by atoms with Gasteiger partial charge in [-0.15, -0.1) is 0 Å². The van der Waals surface area contributed by atoms with Crippen molar-refractivity contribution in [3.05, 3.63) is 77.2 Å². The van der Waals surface area contributed by atoms with Gasteiger partial charge in [0, 0.05) is 28.0 Å². The molecule has 0 unspecified atom stereocenters. The molecule has 0 saturated carbocycles. The maximum Gasteiger partial charge on any atom is 0.326 e. The summed E-state index contributed by atoms with van der Waals surface area (Å²) in [6, 6.07) is 14.7. The van der Waals surface area contributed by atoms with Crippen molar-refractivity contribution in [3.8, 4) is 17.1 Å². The van der Waals surface area contributed by atoms with Gasteiger partial charge >= 0.3 is 17.9 Å². The summed E-state index contributed by atoms with van der Waals surface area (Å²) >= 11 is 5.92. The number of methoxy groups -OCH3 is 1. The number of benzene rings is 2. The first kappa shape index (κ1) is 21.3. The Balaban J connectivity index is 1.37. The summed E-state index contributed by atoms with van der Waals surface area (Å²) in [5, 5.41) is 9.74. The Morgan fingerprint density at radius 2 is 2.00 bits per heavy atom. The number of urea groups is 1. The van der Waals surface area contributed by atoms with Gasteiger partial charge in [-0.3, -0.25) is 9.84 Å². The SMILES string of the molecule is COc1ncc(-c2ccc(C[n+]3cc(NC(=O)Nc4cccc(Cl)c4)on3)cc2)c(C)n1. The molecule has 10 heteroatoms. The molecule has 162 valence electrons. The molecule has 2 heterocycles. The number of rotatable bonds is 6. The van der Waals surface area contributed by atoms with E-state index in [1.54, 1.807) is 41.3 Å². The summed E-state index contributed by atoms with van der Waals surface area (Å²) in [7, 11) is 1.54. The fourth-order valence-electron chi connectivity index (χ4n) is 3.05. The molecule has 0 aliphatic rings. The van der Waals surface area contributed by atoms with Crippen molar-refractivity contribution < 1.29 is 18.7 Å². The number of hydrogen-bond acceptors (Lipinski definition) is 6. The number of nitrogens with zero attached hydrogens (tertiary/aromatic N) is 4. The standard InChI is InChI=1S/C22H19ClN6O3/c1-14-19(11-24-22(25-14)31-2)16-8-6-15(7-9-16)12-29-13-20(32-28-29)27-21(30)26-18-5-3-4-17(23)10-18/h3-11,13H,12H2,1-2H3,(H-,26,27,28,30)/p+1. The van der Waals surface area contributed by atoms with Gasteiger partial charge in [-0.1, -0.05) is 41.9 Å². The van der Waals surface area contributed by atoms with Crippen molar-refractivity contribution in [2.45, 2.75) is 13.5 Å². The average Bonchev–Trinajstić information content (AvgIpc) is 3.20.